The summed E-state index contributed by atoms with van der Waals surface area (Å²) in [4.78, 5) is 12.9. The van der Waals surface area contributed by atoms with Crippen molar-refractivity contribution in [2.75, 3.05) is 0 Å². The van der Waals surface area contributed by atoms with Gasteiger partial charge in [-0.1, -0.05) is 97.1 Å². The van der Waals surface area contributed by atoms with E-state index in [-0.39, 0.29) is 5.78 Å². The molecule has 0 spiro atoms. The Morgan fingerprint density at radius 3 is 1.58 bits per heavy atom. The molecule has 0 atom stereocenters. The lowest BCUT2D eigenvalue weighted by atomic mass is 9.70. The van der Waals surface area contributed by atoms with Gasteiger partial charge < -0.3 is 0 Å². The normalized spacial score (nSPS) is 11.0. The van der Waals surface area contributed by atoms with Crippen molar-refractivity contribution in [3.05, 3.63) is 120 Å². The summed E-state index contributed by atoms with van der Waals surface area (Å²) in [6.45, 7) is 4.08. The van der Waals surface area contributed by atoms with E-state index in [1.54, 1.807) is 0 Å². The zero-order valence-electron chi connectivity index (χ0n) is 13.6. The van der Waals surface area contributed by atoms with Crippen LogP contribution in [0.5, 0.6) is 0 Å². The highest BCUT2D eigenvalue weighted by Crippen LogP contribution is 2.37. The molecule has 0 bridgehead atoms. The van der Waals surface area contributed by atoms with Crippen LogP contribution >= 0.6 is 0 Å². The van der Waals surface area contributed by atoms with Gasteiger partial charge in [0.05, 0.1) is 0 Å². The van der Waals surface area contributed by atoms with Crippen molar-refractivity contribution < 1.29 is 4.79 Å². The molecule has 3 aromatic rings. The van der Waals surface area contributed by atoms with Crippen LogP contribution in [0.3, 0.4) is 0 Å². The largest absolute Gasteiger partial charge is 0.294 e. The maximum Gasteiger partial charge on any atom is 0.164 e. The molecule has 24 heavy (non-hydrogen) atoms. The Labute approximate surface area is 143 Å². The van der Waals surface area contributed by atoms with Crippen LogP contribution in [-0.4, -0.2) is 5.78 Å². The third kappa shape index (κ3) is 3.07. The van der Waals surface area contributed by atoms with Gasteiger partial charge in [-0.3, -0.25) is 4.79 Å². The van der Waals surface area contributed by atoms with Crippen LogP contribution in [0.15, 0.2) is 104 Å². The molecule has 1 nitrogen and oxygen atoms in total. The molecule has 0 unspecified atom stereocenters. The summed E-state index contributed by atoms with van der Waals surface area (Å²) < 4.78 is 0. The first-order valence-corrected chi connectivity index (χ1v) is 8.09. The van der Waals surface area contributed by atoms with E-state index >= 15 is 0 Å². The quantitative estimate of drug-likeness (QED) is 0.438. The van der Waals surface area contributed by atoms with Gasteiger partial charge in [0.25, 0.3) is 0 Å². The number of ketones is 1. The molecule has 3 aromatic carbocycles. The number of carbonyl (C=O) groups excluding carboxylic acids is 1. The lowest BCUT2D eigenvalue weighted by Crippen LogP contribution is -2.28. The van der Waals surface area contributed by atoms with Gasteiger partial charge in [0.1, 0.15) is 0 Å². The van der Waals surface area contributed by atoms with Gasteiger partial charge in [-0.15, -0.1) is 6.58 Å². The van der Waals surface area contributed by atoms with E-state index in [1.807, 2.05) is 72.8 Å². The van der Waals surface area contributed by atoms with E-state index in [9.17, 15) is 4.79 Å². The highest BCUT2D eigenvalue weighted by molar-refractivity contribution is 5.97. The third-order valence-electron chi connectivity index (χ3n) is 4.46. The average molecular weight is 312 g/mol. The minimum absolute atomic E-state index is 0.114. The van der Waals surface area contributed by atoms with Crippen LogP contribution in [-0.2, 0) is 5.41 Å². The fraction of sp³-hybridized carbons (Fsp3) is 0.0870. The van der Waals surface area contributed by atoms with Crippen LogP contribution in [0, 0.1) is 0 Å². The Morgan fingerprint density at radius 2 is 1.17 bits per heavy atom. The zero-order chi connectivity index (χ0) is 16.8. The molecule has 0 N–H and O–H groups in total. The van der Waals surface area contributed by atoms with Gasteiger partial charge in [-0.25, -0.2) is 0 Å². The number of benzene rings is 3. The van der Waals surface area contributed by atoms with E-state index in [1.165, 1.54) is 0 Å². The summed E-state index contributed by atoms with van der Waals surface area (Å²) in [7, 11) is 0. The zero-order valence-corrected chi connectivity index (χ0v) is 13.6. The van der Waals surface area contributed by atoms with E-state index in [2.05, 4.69) is 30.8 Å². The molecular weight excluding hydrogens is 292 g/mol. The van der Waals surface area contributed by atoms with Gasteiger partial charge >= 0.3 is 0 Å². The molecule has 0 aliphatic carbocycles. The highest BCUT2D eigenvalue weighted by atomic mass is 16.1. The summed E-state index contributed by atoms with van der Waals surface area (Å²) in [5, 5.41) is 0. The fourth-order valence-corrected chi connectivity index (χ4v) is 3.13. The Bertz CT molecular complexity index is 765. The lowest BCUT2D eigenvalue weighted by molar-refractivity contribution is 0.0967. The van der Waals surface area contributed by atoms with Crippen LogP contribution in [0.2, 0.25) is 0 Å². The summed E-state index contributed by atoms with van der Waals surface area (Å²) >= 11 is 0. The van der Waals surface area contributed by atoms with Crippen molar-refractivity contribution in [3.8, 4) is 0 Å². The van der Waals surface area contributed by atoms with Crippen molar-refractivity contribution in [1.29, 1.82) is 0 Å². The van der Waals surface area contributed by atoms with Gasteiger partial charge in [0, 0.05) is 17.4 Å². The monoisotopic (exact) mass is 312 g/mol. The number of allylic oxidation sites excluding steroid dienone is 1. The molecular formula is C23H20O. The smallest absolute Gasteiger partial charge is 0.164 e. The van der Waals surface area contributed by atoms with E-state index in [0.717, 1.165) is 16.7 Å². The molecule has 0 aromatic heterocycles. The van der Waals surface area contributed by atoms with Crippen LogP contribution in [0.4, 0.5) is 0 Å². The standard InChI is InChI=1S/C23H20O/c1-2-23(20-14-8-4-9-15-20,21-16-10-5-11-17-21)18-22(24)19-12-6-3-7-13-19/h2-17H,1,18H2. The second-order valence-electron chi connectivity index (χ2n) is 5.87. The maximum atomic E-state index is 12.9. The van der Waals surface area contributed by atoms with Crippen molar-refractivity contribution in [2.45, 2.75) is 11.8 Å². The molecule has 3 rings (SSSR count). The fourth-order valence-electron chi connectivity index (χ4n) is 3.13. The molecule has 0 saturated carbocycles. The molecule has 0 aliphatic heterocycles. The SMILES string of the molecule is C=CC(CC(=O)c1ccccc1)(c1ccccc1)c1ccccc1. The Hall–Kier alpha value is -2.93. The van der Waals surface area contributed by atoms with Crippen LogP contribution in [0.25, 0.3) is 0 Å². The van der Waals surface area contributed by atoms with Crippen molar-refractivity contribution in [2.24, 2.45) is 0 Å². The minimum atomic E-state index is -0.532. The third-order valence-corrected chi connectivity index (χ3v) is 4.46. The number of rotatable bonds is 6. The summed E-state index contributed by atoms with van der Waals surface area (Å²) in [6.07, 6.45) is 2.26. The average Bonchev–Trinajstić information content (AvgIpc) is 2.68. The summed E-state index contributed by atoms with van der Waals surface area (Å²) in [5.41, 5.74) is 2.36. The molecule has 1 heteroatoms. The maximum absolute atomic E-state index is 12.9. The molecule has 0 radical (unpaired) electrons. The molecule has 0 amide bonds. The predicted octanol–water partition coefficient (Wildman–Crippen LogP) is 5.43. The summed E-state index contributed by atoms with van der Waals surface area (Å²) in [5.74, 6) is 0.114. The van der Waals surface area contributed by atoms with Gasteiger partial charge in [-0.05, 0) is 11.1 Å². The number of hydrogen-bond donors (Lipinski definition) is 0. The van der Waals surface area contributed by atoms with Crippen molar-refractivity contribution >= 4 is 5.78 Å². The van der Waals surface area contributed by atoms with E-state index < -0.39 is 5.41 Å². The summed E-state index contributed by atoms with van der Waals surface area (Å²) in [6, 6.07) is 29.7. The first-order valence-electron chi connectivity index (χ1n) is 8.09. The second kappa shape index (κ2) is 7.10. The predicted molar refractivity (Wildman–Crippen MR) is 99.3 cm³/mol. The van der Waals surface area contributed by atoms with Crippen LogP contribution in [0.1, 0.15) is 27.9 Å². The van der Waals surface area contributed by atoms with Crippen molar-refractivity contribution in [1.82, 2.24) is 0 Å². The first kappa shape index (κ1) is 15.9. The Balaban J connectivity index is 2.09. The van der Waals surface area contributed by atoms with E-state index in [4.69, 9.17) is 0 Å². The molecule has 0 fully saturated rings. The molecule has 0 aliphatic rings. The first-order chi connectivity index (χ1) is 11.8. The van der Waals surface area contributed by atoms with Gasteiger partial charge in [-0.2, -0.15) is 0 Å². The minimum Gasteiger partial charge on any atom is -0.294 e. The van der Waals surface area contributed by atoms with E-state index in [0.29, 0.717) is 6.42 Å². The van der Waals surface area contributed by atoms with Crippen LogP contribution < -0.4 is 0 Å². The number of hydrogen-bond acceptors (Lipinski definition) is 1. The second-order valence-corrected chi connectivity index (χ2v) is 5.87. The lowest BCUT2D eigenvalue weighted by Gasteiger charge is -2.31. The highest BCUT2D eigenvalue weighted by Gasteiger charge is 2.33. The molecule has 118 valence electrons. The Kier molecular flexibility index (Phi) is 4.72. The topological polar surface area (TPSA) is 17.1 Å². The van der Waals surface area contributed by atoms with Crippen molar-refractivity contribution in [3.63, 3.8) is 0 Å². The number of Topliss-reactive ketones (excluding diaryl/α,β-unsaturated/α-hetero) is 1. The van der Waals surface area contributed by atoms with Gasteiger partial charge in [0.15, 0.2) is 5.78 Å². The van der Waals surface area contributed by atoms with Gasteiger partial charge in [0.2, 0.25) is 0 Å². The Morgan fingerprint density at radius 1 is 0.750 bits per heavy atom. The molecule has 0 heterocycles. The number of carbonyl (C=O) groups is 1. The molecule has 0 saturated heterocycles.